The molecule has 0 aliphatic rings. The summed E-state index contributed by atoms with van der Waals surface area (Å²) in [6.07, 6.45) is 2.11. The Morgan fingerprint density at radius 1 is 0.833 bits per heavy atom. The molecular formula is C34H38N2O5S. The first-order valence-electron chi connectivity index (χ1n) is 13.9. The van der Waals surface area contributed by atoms with Crippen molar-refractivity contribution in [3.05, 3.63) is 125 Å². The summed E-state index contributed by atoms with van der Waals surface area (Å²) < 4.78 is 35.5. The Bertz CT molecular complexity index is 1500. The molecule has 0 spiro atoms. The molecule has 0 radical (unpaired) electrons. The number of carbonyl (C=O) groups is 1. The smallest absolute Gasteiger partial charge is 0.221 e. The van der Waals surface area contributed by atoms with Crippen LogP contribution in [0, 0.1) is 0 Å². The van der Waals surface area contributed by atoms with Gasteiger partial charge in [-0.05, 0) is 52.9 Å². The monoisotopic (exact) mass is 586 g/mol. The molecule has 0 bridgehead atoms. The van der Waals surface area contributed by atoms with Gasteiger partial charge in [0.1, 0.15) is 0 Å². The zero-order chi connectivity index (χ0) is 30.0. The van der Waals surface area contributed by atoms with E-state index in [1.165, 1.54) is 17.4 Å². The van der Waals surface area contributed by atoms with Gasteiger partial charge in [0.2, 0.25) is 5.91 Å². The molecule has 0 saturated carbocycles. The van der Waals surface area contributed by atoms with Gasteiger partial charge < -0.3 is 15.2 Å². The minimum Gasteiger partial charge on any atom is -0.493 e. The maximum atomic E-state index is 12.0. The second kappa shape index (κ2) is 14.7. The molecule has 0 heterocycles. The van der Waals surface area contributed by atoms with Crippen molar-refractivity contribution in [1.82, 2.24) is 4.90 Å². The molecule has 4 rings (SSSR count). The van der Waals surface area contributed by atoms with Crippen LogP contribution in [-0.2, 0) is 27.6 Å². The Morgan fingerprint density at radius 2 is 1.43 bits per heavy atom. The summed E-state index contributed by atoms with van der Waals surface area (Å²) >= 11 is 0. The Balaban J connectivity index is 1.51. The third-order valence-corrected chi connectivity index (χ3v) is 8.21. The number of nitrogens with zero attached hydrogens (tertiary/aromatic N) is 1. The molecule has 42 heavy (non-hydrogen) atoms. The van der Waals surface area contributed by atoms with E-state index < -0.39 is 15.7 Å². The van der Waals surface area contributed by atoms with Gasteiger partial charge in [0.15, 0.2) is 21.3 Å². The van der Waals surface area contributed by atoms with Gasteiger partial charge in [-0.15, -0.1) is 0 Å². The van der Waals surface area contributed by atoms with Gasteiger partial charge in [0.25, 0.3) is 0 Å². The highest BCUT2D eigenvalue weighted by Crippen LogP contribution is 2.29. The fourth-order valence-corrected chi connectivity index (χ4v) is 5.61. The van der Waals surface area contributed by atoms with E-state index in [2.05, 4.69) is 53.4 Å². The van der Waals surface area contributed by atoms with E-state index in [1.807, 2.05) is 30.3 Å². The van der Waals surface area contributed by atoms with E-state index in [9.17, 15) is 13.2 Å². The SMILES string of the molecule is COc1cc(CC(N)=O)ccc1OCCCN(Cc1ccc(S(C)(=O)=O)cc1)CC(c1ccccc1)c1ccccc1. The number of methoxy groups -OCH3 is 1. The highest BCUT2D eigenvalue weighted by Gasteiger charge is 2.19. The lowest BCUT2D eigenvalue weighted by Crippen LogP contribution is -2.30. The Kier molecular flexibility index (Phi) is 10.8. The lowest BCUT2D eigenvalue weighted by molar-refractivity contribution is -0.117. The van der Waals surface area contributed by atoms with E-state index in [4.69, 9.17) is 15.2 Å². The molecule has 0 aliphatic carbocycles. The summed E-state index contributed by atoms with van der Waals surface area (Å²) in [6, 6.07) is 33.5. The number of ether oxygens (including phenoxy) is 2. The van der Waals surface area contributed by atoms with Gasteiger partial charge in [-0.3, -0.25) is 9.69 Å². The van der Waals surface area contributed by atoms with Crippen LogP contribution in [0.2, 0.25) is 0 Å². The van der Waals surface area contributed by atoms with Crippen molar-refractivity contribution in [2.45, 2.75) is 30.2 Å². The standard InChI is InChI=1S/C34H38N2O5S/c1-40-33-22-27(23-34(35)37)16-19-32(33)41-21-9-20-36(24-26-14-17-30(18-15-26)42(2,38)39)25-31(28-10-5-3-6-11-28)29-12-7-4-8-13-29/h3-8,10-19,22,31H,9,20-21,23-25H2,1-2H3,(H2,35,37). The highest BCUT2D eigenvalue weighted by atomic mass is 32.2. The van der Waals surface area contributed by atoms with Crippen LogP contribution in [0.25, 0.3) is 0 Å². The summed E-state index contributed by atoms with van der Waals surface area (Å²) in [5.41, 5.74) is 9.61. The third-order valence-electron chi connectivity index (χ3n) is 7.08. The number of primary amides is 1. The van der Waals surface area contributed by atoms with Crippen LogP contribution in [0.1, 0.15) is 34.6 Å². The van der Waals surface area contributed by atoms with Gasteiger partial charge in [0, 0.05) is 31.8 Å². The molecule has 0 saturated heterocycles. The van der Waals surface area contributed by atoms with E-state index in [0.29, 0.717) is 29.5 Å². The first kappa shape index (κ1) is 30.8. The van der Waals surface area contributed by atoms with Gasteiger partial charge in [0.05, 0.1) is 25.0 Å². The largest absolute Gasteiger partial charge is 0.493 e. The zero-order valence-electron chi connectivity index (χ0n) is 24.1. The summed E-state index contributed by atoms with van der Waals surface area (Å²) in [5, 5.41) is 0. The van der Waals surface area contributed by atoms with E-state index in [-0.39, 0.29) is 12.3 Å². The summed E-state index contributed by atoms with van der Waals surface area (Å²) in [4.78, 5) is 14.0. The predicted octanol–water partition coefficient (Wildman–Crippen LogP) is 5.23. The van der Waals surface area contributed by atoms with Crippen LogP contribution in [0.4, 0.5) is 0 Å². The lowest BCUT2D eigenvalue weighted by Gasteiger charge is -2.28. The average Bonchev–Trinajstić information content (AvgIpc) is 2.98. The first-order valence-corrected chi connectivity index (χ1v) is 15.8. The number of rotatable bonds is 15. The minimum absolute atomic E-state index is 0.140. The molecule has 0 unspecified atom stereocenters. The quantitative estimate of drug-likeness (QED) is 0.192. The first-order chi connectivity index (χ1) is 20.2. The van der Waals surface area contributed by atoms with Crippen molar-refractivity contribution in [2.75, 3.05) is 33.1 Å². The van der Waals surface area contributed by atoms with Crippen LogP contribution in [0.3, 0.4) is 0 Å². The van der Waals surface area contributed by atoms with E-state index >= 15 is 0 Å². The molecule has 1 amide bonds. The van der Waals surface area contributed by atoms with Crippen molar-refractivity contribution in [2.24, 2.45) is 5.73 Å². The Hall–Kier alpha value is -4.14. The van der Waals surface area contributed by atoms with Crippen molar-refractivity contribution in [1.29, 1.82) is 0 Å². The van der Waals surface area contributed by atoms with Crippen LogP contribution in [-0.4, -0.2) is 52.3 Å². The normalized spacial score (nSPS) is 11.5. The molecule has 0 aliphatic heterocycles. The number of carbonyl (C=O) groups excluding carboxylic acids is 1. The summed E-state index contributed by atoms with van der Waals surface area (Å²) in [7, 11) is -1.69. The van der Waals surface area contributed by atoms with Gasteiger partial charge in [-0.1, -0.05) is 78.9 Å². The number of nitrogens with two attached hydrogens (primary N) is 1. The molecule has 0 aromatic heterocycles. The maximum absolute atomic E-state index is 12.0. The van der Waals surface area contributed by atoms with Crippen LogP contribution in [0.15, 0.2) is 108 Å². The fraction of sp³-hybridized carbons (Fsp3) is 0.265. The molecule has 4 aromatic carbocycles. The molecular weight excluding hydrogens is 548 g/mol. The predicted molar refractivity (Wildman–Crippen MR) is 166 cm³/mol. The summed E-state index contributed by atoms with van der Waals surface area (Å²) in [6.45, 7) is 2.65. The second-order valence-corrected chi connectivity index (χ2v) is 12.4. The topological polar surface area (TPSA) is 98.9 Å². The van der Waals surface area contributed by atoms with Crippen molar-refractivity contribution >= 4 is 15.7 Å². The molecule has 0 atom stereocenters. The van der Waals surface area contributed by atoms with Gasteiger partial charge >= 0.3 is 0 Å². The second-order valence-electron chi connectivity index (χ2n) is 10.4. The van der Waals surface area contributed by atoms with E-state index in [0.717, 1.165) is 30.6 Å². The molecule has 220 valence electrons. The molecule has 4 aromatic rings. The Morgan fingerprint density at radius 3 is 1.98 bits per heavy atom. The van der Waals surface area contributed by atoms with Crippen LogP contribution >= 0.6 is 0 Å². The Labute approximate surface area is 248 Å². The number of benzene rings is 4. The van der Waals surface area contributed by atoms with Crippen molar-refractivity contribution < 1.29 is 22.7 Å². The van der Waals surface area contributed by atoms with E-state index in [1.54, 1.807) is 31.4 Å². The molecule has 2 N–H and O–H groups in total. The zero-order valence-corrected chi connectivity index (χ0v) is 24.9. The minimum atomic E-state index is -3.26. The third kappa shape index (κ3) is 8.93. The van der Waals surface area contributed by atoms with Crippen molar-refractivity contribution in [3.8, 4) is 11.5 Å². The van der Waals surface area contributed by atoms with Crippen molar-refractivity contribution in [3.63, 3.8) is 0 Å². The van der Waals surface area contributed by atoms with Gasteiger partial charge in [-0.25, -0.2) is 8.42 Å². The lowest BCUT2D eigenvalue weighted by atomic mass is 9.90. The van der Waals surface area contributed by atoms with Gasteiger partial charge in [-0.2, -0.15) is 0 Å². The molecule has 0 fully saturated rings. The number of sulfone groups is 1. The molecule has 8 heteroatoms. The highest BCUT2D eigenvalue weighted by molar-refractivity contribution is 7.90. The van der Waals surface area contributed by atoms with Crippen LogP contribution in [0.5, 0.6) is 11.5 Å². The fourth-order valence-electron chi connectivity index (χ4n) is 4.98. The molecule has 7 nitrogen and oxygen atoms in total. The number of amides is 1. The number of hydrogen-bond acceptors (Lipinski definition) is 6. The van der Waals surface area contributed by atoms with Crippen LogP contribution < -0.4 is 15.2 Å². The summed E-state index contributed by atoms with van der Waals surface area (Å²) in [5.74, 6) is 0.924. The maximum Gasteiger partial charge on any atom is 0.221 e. The number of hydrogen-bond donors (Lipinski definition) is 1. The average molecular weight is 587 g/mol.